The van der Waals surface area contributed by atoms with Gasteiger partial charge in [0.2, 0.25) is 5.91 Å². The Labute approximate surface area is 150 Å². The summed E-state index contributed by atoms with van der Waals surface area (Å²) in [5.74, 6) is -3.01. The number of benzene rings is 2. The summed E-state index contributed by atoms with van der Waals surface area (Å²) in [6.07, 6.45) is -1.02. The zero-order valence-corrected chi connectivity index (χ0v) is 14.5. The molecular formula is C19H20F2N2O3. The second-order valence-corrected chi connectivity index (χ2v) is 5.88. The first-order valence-corrected chi connectivity index (χ1v) is 8.01. The first-order chi connectivity index (χ1) is 12.3. The monoisotopic (exact) mass is 362 g/mol. The van der Waals surface area contributed by atoms with E-state index in [4.69, 9.17) is 10.5 Å². The number of hydrogen-bond donors (Lipinski definition) is 1. The number of carbonyl (C=O) groups excluding carboxylic acids is 2. The van der Waals surface area contributed by atoms with Gasteiger partial charge in [-0.05, 0) is 24.6 Å². The molecule has 2 aromatic rings. The predicted molar refractivity (Wildman–Crippen MR) is 92.2 cm³/mol. The van der Waals surface area contributed by atoms with Gasteiger partial charge in [-0.25, -0.2) is 8.78 Å². The summed E-state index contributed by atoms with van der Waals surface area (Å²) < 4.78 is 31.7. The van der Waals surface area contributed by atoms with Crippen LogP contribution in [0.25, 0.3) is 0 Å². The van der Waals surface area contributed by atoms with Crippen LogP contribution in [0.3, 0.4) is 0 Å². The van der Waals surface area contributed by atoms with Crippen molar-refractivity contribution in [1.29, 1.82) is 0 Å². The maximum atomic E-state index is 13.3. The summed E-state index contributed by atoms with van der Waals surface area (Å²) >= 11 is 0. The highest BCUT2D eigenvalue weighted by Gasteiger charge is 2.28. The number of carbonyl (C=O) groups is 2. The molecule has 2 rings (SSSR count). The van der Waals surface area contributed by atoms with Crippen LogP contribution in [0, 0.1) is 11.6 Å². The molecule has 0 unspecified atom stereocenters. The molecule has 0 spiro atoms. The molecule has 2 N–H and O–H groups in total. The standard InChI is InChI=1S/C19H20F2N2O3/c1-12(26-14-8-9-15(20)16(21)10-14)19(25)23(2)17(11-18(22)24)13-6-4-3-5-7-13/h3-10,12,17H,11H2,1-2H3,(H2,22,24)/t12-,17+/m0/s1. The number of ether oxygens (including phenoxy) is 1. The molecule has 0 fully saturated rings. The van der Waals surface area contributed by atoms with Crippen LogP contribution < -0.4 is 10.5 Å². The van der Waals surface area contributed by atoms with Gasteiger partial charge in [-0.15, -0.1) is 0 Å². The fourth-order valence-corrected chi connectivity index (χ4v) is 2.59. The fraction of sp³-hybridized carbons (Fsp3) is 0.263. The van der Waals surface area contributed by atoms with Gasteiger partial charge in [-0.3, -0.25) is 9.59 Å². The van der Waals surface area contributed by atoms with Crippen molar-refractivity contribution in [2.45, 2.75) is 25.5 Å². The van der Waals surface area contributed by atoms with Crippen molar-refractivity contribution in [3.05, 3.63) is 65.7 Å². The molecule has 0 bridgehead atoms. The van der Waals surface area contributed by atoms with Gasteiger partial charge in [0.1, 0.15) is 5.75 Å². The Balaban J connectivity index is 2.16. The minimum absolute atomic E-state index is 0.0318. The van der Waals surface area contributed by atoms with Crippen LogP contribution in [0.4, 0.5) is 8.78 Å². The van der Waals surface area contributed by atoms with Crippen molar-refractivity contribution in [2.75, 3.05) is 7.05 Å². The van der Waals surface area contributed by atoms with Crippen molar-refractivity contribution in [2.24, 2.45) is 5.73 Å². The van der Waals surface area contributed by atoms with Gasteiger partial charge >= 0.3 is 0 Å². The van der Waals surface area contributed by atoms with E-state index in [2.05, 4.69) is 0 Å². The summed E-state index contributed by atoms with van der Waals surface area (Å²) in [7, 11) is 1.54. The van der Waals surface area contributed by atoms with E-state index in [0.717, 1.165) is 17.7 Å². The summed E-state index contributed by atoms with van der Waals surface area (Å²) in [6.45, 7) is 1.49. The van der Waals surface area contributed by atoms with E-state index >= 15 is 0 Å². The van der Waals surface area contributed by atoms with E-state index < -0.39 is 35.6 Å². The number of nitrogens with zero attached hydrogens (tertiary/aromatic N) is 1. The maximum Gasteiger partial charge on any atom is 0.263 e. The minimum atomic E-state index is -1.06. The highest BCUT2D eigenvalue weighted by molar-refractivity contribution is 5.82. The third-order valence-corrected chi connectivity index (χ3v) is 3.95. The average molecular weight is 362 g/mol. The number of rotatable bonds is 7. The highest BCUT2D eigenvalue weighted by Crippen LogP contribution is 2.24. The molecule has 5 nitrogen and oxygen atoms in total. The molecule has 138 valence electrons. The van der Waals surface area contributed by atoms with Crippen molar-refractivity contribution < 1.29 is 23.1 Å². The van der Waals surface area contributed by atoms with E-state index in [9.17, 15) is 18.4 Å². The number of hydrogen-bond acceptors (Lipinski definition) is 3. The van der Waals surface area contributed by atoms with Gasteiger partial charge in [-0.1, -0.05) is 30.3 Å². The molecule has 0 aliphatic rings. The molecular weight excluding hydrogens is 342 g/mol. The van der Waals surface area contributed by atoms with Crippen molar-refractivity contribution >= 4 is 11.8 Å². The molecule has 0 heterocycles. The van der Waals surface area contributed by atoms with Gasteiger partial charge < -0.3 is 15.4 Å². The predicted octanol–water partition coefficient (Wildman–Crippen LogP) is 2.81. The molecule has 2 atom stereocenters. The summed E-state index contributed by atoms with van der Waals surface area (Å²) in [5, 5.41) is 0. The number of halogens is 2. The van der Waals surface area contributed by atoms with Crippen LogP contribution in [-0.2, 0) is 9.59 Å². The van der Waals surface area contributed by atoms with Gasteiger partial charge in [-0.2, -0.15) is 0 Å². The van der Waals surface area contributed by atoms with Crippen LogP contribution in [0.15, 0.2) is 48.5 Å². The Morgan fingerprint density at radius 3 is 2.35 bits per heavy atom. The lowest BCUT2D eigenvalue weighted by atomic mass is 10.0. The molecule has 0 aliphatic heterocycles. The molecule has 26 heavy (non-hydrogen) atoms. The lowest BCUT2D eigenvalue weighted by molar-refractivity contribution is -0.139. The molecule has 0 saturated carbocycles. The van der Waals surface area contributed by atoms with Crippen LogP contribution in [-0.4, -0.2) is 29.9 Å². The maximum absolute atomic E-state index is 13.3. The average Bonchev–Trinajstić information content (AvgIpc) is 2.62. The molecule has 0 radical (unpaired) electrons. The van der Waals surface area contributed by atoms with Crippen LogP contribution in [0.1, 0.15) is 24.9 Å². The number of likely N-dealkylation sites (N-methyl/N-ethyl adjacent to an activating group) is 1. The lowest BCUT2D eigenvalue weighted by Gasteiger charge is -2.30. The smallest absolute Gasteiger partial charge is 0.263 e. The third-order valence-electron chi connectivity index (χ3n) is 3.95. The second kappa shape index (κ2) is 8.42. The van der Waals surface area contributed by atoms with Crippen LogP contribution >= 0.6 is 0 Å². The first-order valence-electron chi connectivity index (χ1n) is 8.01. The minimum Gasteiger partial charge on any atom is -0.481 e. The van der Waals surface area contributed by atoms with E-state index in [1.54, 1.807) is 24.3 Å². The zero-order valence-electron chi connectivity index (χ0n) is 14.5. The third kappa shape index (κ3) is 4.78. The van der Waals surface area contributed by atoms with E-state index in [-0.39, 0.29) is 12.2 Å². The Kier molecular flexibility index (Phi) is 6.27. The van der Waals surface area contributed by atoms with E-state index in [0.29, 0.717) is 0 Å². The van der Waals surface area contributed by atoms with Gasteiger partial charge in [0.15, 0.2) is 17.7 Å². The Morgan fingerprint density at radius 2 is 1.77 bits per heavy atom. The van der Waals surface area contributed by atoms with Crippen molar-refractivity contribution in [3.8, 4) is 5.75 Å². The number of amides is 2. The van der Waals surface area contributed by atoms with Crippen LogP contribution in [0.2, 0.25) is 0 Å². The molecule has 7 heteroatoms. The van der Waals surface area contributed by atoms with Gasteiger partial charge in [0, 0.05) is 13.1 Å². The van der Waals surface area contributed by atoms with Gasteiger partial charge in [0.25, 0.3) is 5.91 Å². The van der Waals surface area contributed by atoms with Crippen molar-refractivity contribution in [1.82, 2.24) is 4.90 Å². The lowest BCUT2D eigenvalue weighted by Crippen LogP contribution is -2.41. The zero-order chi connectivity index (χ0) is 19.3. The molecule has 0 aliphatic carbocycles. The summed E-state index contributed by atoms with van der Waals surface area (Å²) in [5.41, 5.74) is 6.07. The quantitative estimate of drug-likeness (QED) is 0.823. The largest absolute Gasteiger partial charge is 0.481 e. The van der Waals surface area contributed by atoms with E-state index in [1.165, 1.54) is 24.9 Å². The molecule has 0 saturated heterocycles. The second-order valence-electron chi connectivity index (χ2n) is 5.88. The normalized spacial score (nSPS) is 12.9. The number of primary amides is 1. The van der Waals surface area contributed by atoms with Crippen LogP contribution in [0.5, 0.6) is 5.75 Å². The topological polar surface area (TPSA) is 72.6 Å². The SMILES string of the molecule is C[C@H](Oc1ccc(F)c(F)c1)C(=O)N(C)[C@H](CC(N)=O)c1ccccc1. The van der Waals surface area contributed by atoms with Crippen molar-refractivity contribution in [3.63, 3.8) is 0 Å². The van der Waals surface area contributed by atoms with Gasteiger partial charge in [0.05, 0.1) is 12.5 Å². The van der Waals surface area contributed by atoms with E-state index in [1.807, 2.05) is 6.07 Å². The molecule has 2 amide bonds. The Hall–Kier alpha value is -2.96. The Morgan fingerprint density at radius 1 is 1.12 bits per heavy atom. The Bertz CT molecular complexity index is 784. The highest BCUT2D eigenvalue weighted by atomic mass is 19.2. The summed E-state index contributed by atoms with van der Waals surface area (Å²) in [4.78, 5) is 25.5. The fourth-order valence-electron chi connectivity index (χ4n) is 2.59. The number of nitrogens with two attached hydrogens (primary N) is 1. The molecule has 0 aromatic heterocycles. The summed E-state index contributed by atoms with van der Waals surface area (Å²) in [6, 6.07) is 11.5. The first kappa shape index (κ1) is 19.4. The molecule has 2 aromatic carbocycles.